The molecule has 0 bridgehead atoms. The van der Waals surface area contributed by atoms with Crippen LogP contribution < -0.4 is 9.47 Å². The highest BCUT2D eigenvalue weighted by Gasteiger charge is 2.19. The fraction of sp³-hybridized carbons (Fsp3) is 0.533. The van der Waals surface area contributed by atoms with Crippen molar-refractivity contribution >= 4 is 0 Å². The van der Waals surface area contributed by atoms with Gasteiger partial charge in [-0.15, -0.1) is 0 Å². The molecule has 1 fully saturated rings. The van der Waals surface area contributed by atoms with Crippen LogP contribution in [0.25, 0.3) is 0 Å². The molecule has 0 radical (unpaired) electrons. The molecule has 5 nitrogen and oxygen atoms in total. The third-order valence-electron chi connectivity index (χ3n) is 3.35. The van der Waals surface area contributed by atoms with E-state index in [1.807, 2.05) is 0 Å². The van der Waals surface area contributed by atoms with E-state index in [-0.39, 0.29) is 6.10 Å². The summed E-state index contributed by atoms with van der Waals surface area (Å²) < 4.78 is 16.6. The minimum Gasteiger partial charge on any atom is -0.497 e. The van der Waals surface area contributed by atoms with Gasteiger partial charge in [0, 0.05) is 19.2 Å². The van der Waals surface area contributed by atoms with Gasteiger partial charge in [-0.25, -0.2) is 0 Å². The molecule has 1 aliphatic rings. The van der Waals surface area contributed by atoms with E-state index < -0.39 is 0 Å². The van der Waals surface area contributed by atoms with Crippen molar-refractivity contribution in [2.75, 3.05) is 40.0 Å². The highest BCUT2D eigenvalue weighted by atomic mass is 16.5. The van der Waals surface area contributed by atoms with Gasteiger partial charge in [0.25, 0.3) is 0 Å². The highest BCUT2D eigenvalue weighted by Crippen LogP contribution is 2.22. The van der Waals surface area contributed by atoms with Crippen molar-refractivity contribution in [2.24, 2.45) is 0 Å². The van der Waals surface area contributed by atoms with Crippen molar-refractivity contribution in [1.82, 2.24) is 4.90 Å². The summed E-state index contributed by atoms with van der Waals surface area (Å²) in [6.07, 6.45) is 0.0698. The number of nitriles is 1. The Bertz CT molecular complexity index is 484. The van der Waals surface area contributed by atoms with Crippen LogP contribution in [0, 0.1) is 11.3 Å². The molecule has 1 atom stereocenters. The van der Waals surface area contributed by atoms with Crippen LogP contribution in [0.3, 0.4) is 0 Å². The summed E-state index contributed by atoms with van der Waals surface area (Å²) >= 11 is 0. The Labute approximate surface area is 119 Å². The average Bonchev–Trinajstić information content (AvgIpc) is 2.52. The van der Waals surface area contributed by atoms with E-state index in [0.29, 0.717) is 23.7 Å². The normalized spacial score (nSPS) is 19.4. The predicted molar refractivity (Wildman–Crippen MR) is 75.1 cm³/mol. The number of rotatable bonds is 5. The van der Waals surface area contributed by atoms with Crippen LogP contribution in [0.1, 0.15) is 12.5 Å². The topological polar surface area (TPSA) is 54.7 Å². The molecule has 2 rings (SSSR count). The third-order valence-corrected chi connectivity index (χ3v) is 3.35. The lowest BCUT2D eigenvalue weighted by Crippen LogP contribution is -2.44. The van der Waals surface area contributed by atoms with E-state index in [9.17, 15) is 0 Å². The quantitative estimate of drug-likeness (QED) is 0.818. The summed E-state index contributed by atoms with van der Waals surface area (Å²) in [6.45, 7) is 6.25. The minimum absolute atomic E-state index is 0.0698. The second kappa shape index (κ2) is 7.13. The van der Waals surface area contributed by atoms with Gasteiger partial charge < -0.3 is 14.2 Å². The maximum absolute atomic E-state index is 8.97. The number of hydrogen-bond donors (Lipinski definition) is 0. The maximum Gasteiger partial charge on any atom is 0.124 e. The highest BCUT2D eigenvalue weighted by molar-refractivity contribution is 5.43. The third kappa shape index (κ3) is 3.86. The summed E-state index contributed by atoms with van der Waals surface area (Å²) in [5.74, 6) is 1.26. The molecule has 1 heterocycles. The largest absolute Gasteiger partial charge is 0.497 e. The first-order chi connectivity index (χ1) is 9.75. The molecule has 108 valence electrons. The van der Waals surface area contributed by atoms with Gasteiger partial charge in [0.05, 0.1) is 25.3 Å². The zero-order valence-electron chi connectivity index (χ0n) is 12.0. The van der Waals surface area contributed by atoms with E-state index in [0.717, 1.165) is 26.2 Å². The van der Waals surface area contributed by atoms with Crippen LogP contribution in [-0.4, -0.2) is 51.0 Å². The monoisotopic (exact) mass is 276 g/mol. The molecule has 0 saturated carbocycles. The van der Waals surface area contributed by atoms with Crippen LogP contribution in [-0.2, 0) is 4.74 Å². The SMILES string of the molecule is CCN1CCOC(COc2cc(C#N)cc(OC)c2)C1. The lowest BCUT2D eigenvalue weighted by Gasteiger charge is -2.31. The van der Waals surface area contributed by atoms with E-state index in [1.54, 1.807) is 25.3 Å². The summed E-state index contributed by atoms with van der Waals surface area (Å²) in [5.41, 5.74) is 0.527. The molecular weight excluding hydrogens is 256 g/mol. The van der Waals surface area contributed by atoms with Crippen LogP contribution in [0.5, 0.6) is 11.5 Å². The van der Waals surface area contributed by atoms with Crippen molar-refractivity contribution in [2.45, 2.75) is 13.0 Å². The number of methoxy groups -OCH3 is 1. The lowest BCUT2D eigenvalue weighted by atomic mass is 10.2. The number of benzene rings is 1. The van der Waals surface area contributed by atoms with E-state index >= 15 is 0 Å². The second-order valence-electron chi connectivity index (χ2n) is 4.71. The van der Waals surface area contributed by atoms with Crippen LogP contribution in [0.4, 0.5) is 0 Å². The summed E-state index contributed by atoms with van der Waals surface area (Å²) in [4.78, 5) is 2.34. The van der Waals surface area contributed by atoms with Gasteiger partial charge in [-0.3, -0.25) is 4.90 Å². The summed E-state index contributed by atoms with van der Waals surface area (Å²) in [5, 5.41) is 8.97. The smallest absolute Gasteiger partial charge is 0.124 e. The summed E-state index contributed by atoms with van der Waals surface area (Å²) in [6, 6.07) is 7.27. The van der Waals surface area contributed by atoms with Crippen molar-refractivity contribution in [3.8, 4) is 17.6 Å². The number of ether oxygens (including phenoxy) is 3. The van der Waals surface area contributed by atoms with Gasteiger partial charge in [0.1, 0.15) is 24.2 Å². The molecule has 0 aromatic heterocycles. The first-order valence-corrected chi connectivity index (χ1v) is 6.81. The van der Waals surface area contributed by atoms with E-state index in [1.165, 1.54) is 0 Å². The predicted octanol–water partition coefficient (Wildman–Crippen LogP) is 1.67. The molecule has 0 spiro atoms. The molecule has 0 amide bonds. The van der Waals surface area contributed by atoms with Gasteiger partial charge in [0.15, 0.2) is 0 Å². The maximum atomic E-state index is 8.97. The van der Waals surface area contributed by atoms with Crippen molar-refractivity contribution in [3.05, 3.63) is 23.8 Å². The zero-order valence-corrected chi connectivity index (χ0v) is 12.0. The Hall–Kier alpha value is -1.77. The van der Waals surface area contributed by atoms with E-state index in [2.05, 4.69) is 17.9 Å². The molecule has 20 heavy (non-hydrogen) atoms. The van der Waals surface area contributed by atoms with Crippen LogP contribution >= 0.6 is 0 Å². The molecule has 1 unspecified atom stereocenters. The Morgan fingerprint density at radius 2 is 2.20 bits per heavy atom. The molecule has 1 aromatic carbocycles. The zero-order chi connectivity index (χ0) is 14.4. The van der Waals surface area contributed by atoms with Crippen LogP contribution in [0.2, 0.25) is 0 Å². The minimum atomic E-state index is 0.0698. The van der Waals surface area contributed by atoms with E-state index in [4.69, 9.17) is 19.5 Å². The Morgan fingerprint density at radius 1 is 1.40 bits per heavy atom. The van der Waals surface area contributed by atoms with Gasteiger partial charge >= 0.3 is 0 Å². The molecule has 5 heteroatoms. The Balaban J connectivity index is 1.95. The Morgan fingerprint density at radius 3 is 2.90 bits per heavy atom. The number of morpholine rings is 1. The fourth-order valence-corrected chi connectivity index (χ4v) is 2.20. The molecular formula is C15H20N2O3. The molecule has 0 aliphatic carbocycles. The van der Waals surface area contributed by atoms with Crippen LogP contribution in [0.15, 0.2) is 18.2 Å². The van der Waals surface area contributed by atoms with Crippen molar-refractivity contribution < 1.29 is 14.2 Å². The lowest BCUT2D eigenvalue weighted by molar-refractivity contribution is -0.0464. The number of likely N-dealkylation sites (N-methyl/N-ethyl adjacent to an activating group) is 1. The first-order valence-electron chi connectivity index (χ1n) is 6.81. The van der Waals surface area contributed by atoms with Gasteiger partial charge in [-0.05, 0) is 18.7 Å². The molecule has 1 saturated heterocycles. The average molecular weight is 276 g/mol. The van der Waals surface area contributed by atoms with Crippen molar-refractivity contribution in [1.29, 1.82) is 5.26 Å². The Kier molecular flexibility index (Phi) is 5.22. The standard InChI is InChI=1S/C15H20N2O3/c1-3-17-4-5-19-15(10-17)11-20-14-7-12(9-16)6-13(8-14)18-2/h6-8,15H,3-5,10-11H2,1-2H3. The molecule has 0 N–H and O–H groups in total. The number of nitrogens with zero attached hydrogens (tertiary/aromatic N) is 2. The second-order valence-corrected chi connectivity index (χ2v) is 4.71. The van der Waals surface area contributed by atoms with Gasteiger partial charge in [-0.1, -0.05) is 6.92 Å². The number of hydrogen-bond acceptors (Lipinski definition) is 5. The van der Waals surface area contributed by atoms with Gasteiger partial charge in [-0.2, -0.15) is 5.26 Å². The molecule has 1 aliphatic heterocycles. The van der Waals surface area contributed by atoms with Crippen molar-refractivity contribution in [3.63, 3.8) is 0 Å². The summed E-state index contributed by atoms with van der Waals surface area (Å²) in [7, 11) is 1.57. The first kappa shape index (κ1) is 14.6. The fourth-order valence-electron chi connectivity index (χ4n) is 2.20. The molecule has 1 aromatic rings. The van der Waals surface area contributed by atoms with Gasteiger partial charge in [0.2, 0.25) is 0 Å².